The fraction of sp³-hybridized carbons (Fsp3) is 0.167. The zero-order valence-electron chi connectivity index (χ0n) is 16.4. The lowest BCUT2D eigenvalue weighted by atomic mass is 9.98. The zero-order valence-corrected chi connectivity index (χ0v) is 16.4. The average molecular weight is 421 g/mol. The van der Waals surface area contributed by atoms with E-state index in [1.54, 1.807) is 0 Å². The van der Waals surface area contributed by atoms with Gasteiger partial charge in [-0.2, -0.15) is 0 Å². The van der Waals surface area contributed by atoms with E-state index in [1.165, 1.54) is 6.07 Å². The lowest BCUT2D eigenvalue weighted by Gasteiger charge is -2.17. The molecule has 1 aliphatic rings. The van der Waals surface area contributed by atoms with E-state index in [0.29, 0.717) is 5.56 Å². The predicted octanol–water partition coefficient (Wildman–Crippen LogP) is 4.07. The van der Waals surface area contributed by atoms with Crippen molar-refractivity contribution in [2.24, 2.45) is 0 Å². The van der Waals surface area contributed by atoms with E-state index in [4.69, 9.17) is 4.74 Å². The molecule has 0 spiro atoms. The van der Waals surface area contributed by atoms with Crippen molar-refractivity contribution < 1.29 is 28.9 Å². The Bertz CT molecular complexity index is 1100. The second-order valence-electron chi connectivity index (χ2n) is 7.35. The number of phenols is 1. The van der Waals surface area contributed by atoms with Crippen molar-refractivity contribution in [3.8, 4) is 16.9 Å². The highest BCUT2D eigenvalue weighted by molar-refractivity contribution is 5.81. The molecule has 0 fully saturated rings. The summed E-state index contributed by atoms with van der Waals surface area (Å²) >= 11 is 0. The molecule has 4 rings (SSSR count). The molecule has 1 amide bonds. The van der Waals surface area contributed by atoms with E-state index < -0.39 is 29.7 Å². The first-order chi connectivity index (χ1) is 14.9. The molecule has 0 heterocycles. The third-order valence-electron chi connectivity index (χ3n) is 5.39. The number of alkyl carbamates (subject to hydrolysis) is 1. The second-order valence-corrected chi connectivity index (χ2v) is 7.35. The number of amides is 1. The smallest absolute Gasteiger partial charge is 0.407 e. The molecule has 1 aliphatic carbocycles. The van der Waals surface area contributed by atoms with Crippen LogP contribution in [-0.4, -0.2) is 34.9 Å². The molecule has 0 saturated carbocycles. The van der Waals surface area contributed by atoms with Gasteiger partial charge in [0.05, 0.1) is 0 Å². The maximum Gasteiger partial charge on any atom is 0.407 e. The number of halogens is 1. The van der Waals surface area contributed by atoms with Crippen LogP contribution in [0.2, 0.25) is 0 Å². The van der Waals surface area contributed by atoms with Gasteiger partial charge in [-0.05, 0) is 39.9 Å². The number of aliphatic carboxylic acids is 1. The largest absolute Gasteiger partial charge is 0.505 e. The Kier molecular flexibility index (Phi) is 5.58. The first-order valence-corrected chi connectivity index (χ1v) is 9.75. The molecule has 0 aliphatic heterocycles. The minimum absolute atomic E-state index is 0.0556. The number of aromatic hydroxyl groups is 1. The van der Waals surface area contributed by atoms with E-state index in [1.807, 2.05) is 48.5 Å². The van der Waals surface area contributed by atoms with Crippen LogP contribution in [0.15, 0.2) is 66.7 Å². The van der Waals surface area contributed by atoms with Crippen molar-refractivity contribution in [1.29, 1.82) is 0 Å². The molecule has 3 aromatic rings. The number of rotatable bonds is 6. The van der Waals surface area contributed by atoms with Crippen molar-refractivity contribution in [1.82, 2.24) is 5.32 Å². The standard InChI is InChI=1S/C24H20FNO5/c25-20-11-14(9-10-22(20)27)12-21(23(28)29)26-24(30)31-13-19-17-7-3-1-5-15(17)16-6-2-4-8-18(16)19/h1-11,19,21,27H,12-13H2,(H,26,30)(H,28,29)/t21-/m1/s1. The highest BCUT2D eigenvalue weighted by atomic mass is 19.1. The summed E-state index contributed by atoms with van der Waals surface area (Å²) in [6.45, 7) is 0.0556. The highest BCUT2D eigenvalue weighted by Gasteiger charge is 2.29. The summed E-state index contributed by atoms with van der Waals surface area (Å²) in [6, 6.07) is 18.0. The first kappa shape index (κ1) is 20.4. The number of phenolic OH excluding ortho intramolecular Hbond substituents is 1. The van der Waals surface area contributed by atoms with Crippen LogP contribution in [-0.2, 0) is 16.0 Å². The zero-order chi connectivity index (χ0) is 22.0. The van der Waals surface area contributed by atoms with Gasteiger partial charge in [-0.15, -0.1) is 0 Å². The summed E-state index contributed by atoms with van der Waals surface area (Å²) < 4.78 is 18.9. The first-order valence-electron chi connectivity index (χ1n) is 9.75. The predicted molar refractivity (Wildman–Crippen MR) is 111 cm³/mol. The fourth-order valence-electron chi connectivity index (χ4n) is 3.90. The molecule has 0 radical (unpaired) electrons. The molecule has 0 aromatic heterocycles. The Labute approximate surface area is 177 Å². The molecule has 1 atom stereocenters. The van der Waals surface area contributed by atoms with Crippen LogP contribution in [0.5, 0.6) is 5.75 Å². The Morgan fingerprint density at radius 1 is 1.00 bits per heavy atom. The van der Waals surface area contributed by atoms with Crippen molar-refractivity contribution in [3.63, 3.8) is 0 Å². The van der Waals surface area contributed by atoms with Crippen molar-refractivity contribution >= 4 is 12.1 Å². The normalized spacial score (nSPS) is 13.2. The van der Waals surface area contributed by atoms with Gasteiger partial charge in [-0.1, -0.05) is 54.6 Å². The summed E-state index contributed by atoms with van der Waals surface area (Å²) in [7, 11) is 0. The highest BCUT2D eigenvalue weighted by Crippen LogP contribution is 2.44. The maximum atomic E-state index is 13.5. The Hall–Kier alpha value is -3.87. The average Bonchev–Trinajstić information content (AvgIpc) is 3.08. The summed E-state index contributed by atoms with van der Waals surface area (Å²) in [5.74, 6) is -2.81. The molecule has 3 aromatic carbocycles. The molecule has 158 valence electrons. The fourth-order valence-corrected chi connectivity index (χ4v) is 3.90. The number of carbonyl (C=O) groups is 2. The number of hydrogen-bond acceptors (Lipinski definition) is 4. The van der Waals surface area contributed by atoms with E-state index in [2.05, 4.69) is 5.32 Å². The Morgan fingerprint density at radius 2 is 1.61 bits per heavy atom. The van der Waals surface area contributed by atoms with Crippen LogP contribution >= 0.6 is 0 Å². The van der Waals surface area contributed by atoms with E-state index in [9.17, 15) is 24.2 Å². The monoisotopic (exact) mass is 421 g/mol. The quantitative estimate of drug-likeness (QED) is 0.558. The van der Waals surface area contributed by atoms with Crippen LogP contribution in [0.25, 0.3) is 11.1 Å². The third kappa shape index (κ3) is 4.21. The van der Waals surface area contributed by atoms with Gasteiger partial charge in [0.15, 0.2) is 11.6 Å². The number of fused-ring (bicyclic) bond motifs is 3. The molecular formula is C24H20FNO5. The van der Waals surface area contributed by atoms with Crippen LogP contribution < -0.4 is 5.32 Å². The van der Waals surface area contributed by atoms with Gasteiger partial charge in [0, 0.05) is 12.3 Å². The number of hydrogen-bond donors (Lipinski definition) is 3. The lowest BCUT2D eigenvalue weighted by molar-refractivity contribution is -0.139. The van der Waals surface area contributed by atoms with Gasteiger partial charge in [0.25, 0.3) is 0 Å². The van der Waals surface area contributed by atoms with Crippen molar-refractivity contribution in [3.05, 3.63) is 89.2 Å². The summed E-state index contributed by atoms with van der Waals surface area (Å²) in [5, 5.41) is 21.0. The lowest BCUT2D eigenvalue weighted by Crippen LogP contribution is -2.42. The van der Waals surface area contributed by atoms with Crippen molar-refractivity contribution in [2.75, 3.05) is 6.61 Å². The minimum atomic E-state index is -1.31. The number of carbonyl (C=O) groups excluding carboxylic acids is 1. The van der Waals surface area contributed by atoms with E-state index in [-0.39, 0.29) is 18.9 Å². The molecule has 0 unspecified atom stereocenters. The molecule has 7 heteroatoms. The SMILES string of the molecule is O=C(N[C@H](Cc1ccc(O)c(F)c1)C(=O)O)OCC1c2ccccc2-c2ccccc21. The van der Waals surface area contributed by atoms with Crippen LogP contribution in [0, 0.1) is 5.82 Å². The van der Waals surface area contributed by atoms with Crippen LogP contribution in [0.1, 0.15) is 22.6 Å². The number of benzene rings is 3. The number of carboxylic acids is 1. The number of nitrogens with one attached hydrogen (secondary N) is 1. The van der Waals surface area contributed by atoms with Crippen LogP contribution in [0.4, 0.5) is 9.18 Å². The minimum Gasteiger partial charge on any atom is -0.505 e. The topological polar surface area (TPSA) is 95.9 Å². The summed E-state index contributed by atoms with van der Waals surface area (Å²) in [6.07, 6.45) is -1.02. The van der Waals surface area contributed by atoms with Gasteiger partial charge in [-0.25, -0.2) is 14.0 Å². The summed E-state index contributed by atoms with van der Waals surface area (Å²) in [5.41, 5.74) is 4.59. The molecule has 0 bridgehead atoms. The Morgan fingerprint density at radius 3 is 2.19 bits per heavy atom. The number of ether oxygens (including phenoxy) is 1. The molecule has 6 nitrogen and oxygen atoms in total. The van der Waals surface area contributed by atoms with Gasteiger partial charge >= 0.3 is 12.1 Å². The van der Waals surface area contributed by atoms with Gasteiger partial charge < -0.3 is 20.3 Å². The molecule has 0 saturated heterocycles. The van der Waals surface area contributed by atoms with Gasteiger partial charge in [0.2, 0.25) is 0 Å². The Balaban J connectivity index is 1.43. The van der Waals surface area contributed by atoms with Crippen molar-refractivity contribution in [2.45, 2.75) is 18.4 Å². The van der Waals surface area contributed by atoms with E-state index in [0.717, 1.165) is 34.4 Å². The molecule has 31 heavy (non-hydrogen) atoms. The van der Waals surface area contributed by atoms with Gasteiger partial charge in [0.1, 0.15) is 12.6 Å². The second kappa shape index (κ2) is 8.47. The van der Waals surface area contributed by atoms with E-state index >= 15 is 0 Å². The molecule has 3 N–H and O–H groups in total. The summed E-state index contributed by atoms with van der Waals surface area (Å²) in [4.78, 5) is 23.9. The van der Waals surface area contributed by atoms with Gasteiger partial charge in [-0.3, -0.25) is 0 Å². The molecular weight excluding hydrogens is 401 g/mol. The maximum absolute atomic E-state index is 13.5. The van der Waals surface area contributed by atoms with Crippen LogP contribution in [0.3, 0.4) is 0 Å². The number of carboxylic acid groups (broad SMARTS) is 1. The third-order valence-corrected chi connectivity index (χ3v) is 5.39.